The van der Waals surface area contributed by atoms with Crippen LogP contribution in [0.2, 0.25) is 0 Å². The van der Waals surface area contributed by atoms with Gasteiger partial charge in [0.1, 0.15) is 0 Å². The Labute approximate surface area is 113 Å². The highest BCUT2D eigenvalue weighted by molar-refractivity contribution is 7.12. The molecule has 3 nitrogen and oxygen atoms in total. The highest BCUT2D eigenvalue weighted by atomic mass is 32.1. The number of thiophene rings is 1. The second-order valence-electron chi connectivity index (χ2n) is 4.78. The number of carbonyl (C=O) groups excluding carboxylic acids is 1. The molecule has 2 rings (SSSR count). The van der Waals surface area contributed by atoms with Crippen molar-refractivity contribution in [3.63, 3.8) is 0 Å². The van der Waals surface area contributed by atoms with Crippen LogP contribution in [0.3, 0.4) is 0 Å². The molecular formula is C14H22N2OS. The van der Waals surface area contributed by atoms with Crippen molar-refractivity contribution in [3.05, 3.63) is 22.4 Å². The van der Waals surface area contributed by atoms with E-state index in [-0.39, 0.29) is 0 Å². The van der Waals surface area contributed by atoms with Crippen LogP contribution in [-0.2, 0) is 0 Å². The molecule has 2 heterocycles. The van der Waals surface area contributed by atoms with Gasteiger partial charge in [0, 0.05) is 32.6 Å². The van der Waals surface area contributed by atoms with Gasteiger partial charge in [0.15, 0.2) is 5.78 Å². The summed E-state index contributed by atoms with van der Waals surface area (Å²) in [6, 6.07) is 3.87. The van der Waals surface area contributed by atoms with Gasteiger partial charge in [-0.15, -0.1) is 11.3 Å². The molecule has 0 radical (unpaired) electrons. The quantitative estimate of drug-likeness (QED) is 0.738. The van der Waals surface area contributed by atoms with Gasteiger partial charge in [0.25, 0.3) is 0 Å². The summed E-state index contributed by atoms with van der Waals surface area (Å²) in [6.45, 7) is 9.10. The summed E-state index contributed by atoms with van der Waals surface area (Å²) in [5.74, 6) is 0.303. The minimum atomic E-state index is 0.303. The molecule has 100 valence electrons. The Bertz CT molecular complexity index is 356. The van der Waals surface area contributed by atoms with Crippen molar-refractivity contribution in [1.82, 2.24) is 9.80 Å². The van der Waals surface area contributed by atoms with Crippen LogP contribution in [0, 0.1) is 0 Å². The lowest BCUT2D eigenvalue weighted by Gasteiger charge is -2.33. The molecule has 0 unspecified atom stereocenters. The summed E-state index contributed by atoms with van der Waals surface area (Å²) in [5, 5.41) is 1.97. The first-order valence-corrected chi connectivity index (χ1v) is 7.69. The highest BCUT2D eigenvalue weighted by Gasteiger charge is 2.15. The van der Waals surface area contributed by atoms with Crippen LogP contribution in [0.15, 0.2) is 17.5 Å². The number of likely N-dealkylation sites (N-methyl/N-ethyl adjacent to an activating group) is 1. The molecule has 0 amide bonds. The fraction of sp³-hybridized carbons (Fsp3) is 0.643. The van der Waals surface area contributed by atoms with E-state index in [0.717, 1.165) is 37.5 Å². The second kappa shape index (κ2) is 7.02. The van der Waals surface area contributed by atoms with Crippen molar-refractivity contribution >= 4 is 17.1 Å². The smallest absolute Gasteiger partial charge is 0.172 e. The molecule has 1 aliphatic rings. The monoisotopic (exact) mass is 266 g/mol. The molecule has 1 saturated heterocycles. The molecule has 1 fully saturated rings. The Morgan fingerprint density at radius 2 is 2.00 bits per heavy atom. The standard InChI is InChI=1S/C14H22N2OS/c1-2-15-8-10-16(11-9-15)7-3-5-13(17)14-6-4-12-18-14/h4,6,12H,2-3,5,7-11H2,1H3. The van der Waals surface area contributed by atoms with Crippen LogP contribution >= 0.6 is 11.3 Å². The first-order chi connectivity index (χ1) is 8.79. The summed E-state index contributed by atoms with van der Waals surface area (Å²) in [5.41, 5.74) is 0. The van der Waals surface area contributed by atoms with Crippen LogP contribution in [0.1, 0.15) is 29.4 Å². The van der Waals surface area contributed by atoms with Crippen molar-refractivity contribution in [3.8, 4) is 0 Å². The Hall–Kier alpha value is -0.710. The van der Waals surface area contributed by atoms with E-state index < -0.39 is 0 Å². The van der Waals surface area contributed by atoms with E-state index in [0.29, 0.717) is 12.2 Å². The largest absolute Gasteiger partial charge is 0.301 e. The van der Waals surface area contributed by atoms with E-state index in [1.807, 2.05) is 17.5 Å². The topological polar surface area (TPSA) is 23.6 Å². The van der Waals surface area contributed by atoms with E-state index in [9.17, 15) is 4.79 Å². The number of hydrogen-bond acceptors (Lipinski definition) is 4. The number of hydrogen-bond donors (Lipinski definition) is 0. The third-order valence-electron chi connectivity index (χ3n) is 3.59. The lowest BCUT2D eigenvalue weighted by molar-refractivity contribution is 0.0967. The number of piperazine rings is 1. The van der Waals surface area contributed by atoms with Crippen molar-refractivity contribution in [2.75, 3.05) is 39.3 Å². The van der Waals surface area contributed by atoms with Crippen LogP contribution in [0.4, 0.5) is 0 Å². The zero-order valence-electron chi connectivity index (χ0n) is 11.1. The Morgan fingerprint density at radius 1 is 1.28 bits per heavy atom. The predicted octanol–water partition coefficient (Wildman–Crippen LogP) is 2.35. The van der Waals surface area contributed by atoms with E-state index in [2.05, 4.69) is 16.7 Å². The van der Waals surface area contributed by atoms with Gasteiger partial charge in [-0.05, 0) is 31.0 Å². The van der Waals surface area contributed by atoms with Crippen LogP contribution in [0.5, 0.6) is 0 Å². The minimum Gasteiger partial charge on any atom is -0.301 e. The van der Waals surface area contributed by atoms with Gasteiger partial charge in [0.05, 0.1) is 4.88 Å². The van der Waals surface area contributed by atoms with E-state index in [1.54, 1.807) is 11.3 Å². The number of carbonyl (C=O) groups is 1. The van der Waals surface area contributed by atoms with Crippen molar-refractivity contribution < 1.29 is 4.79 Å². The van der Waals surface area contributed by atoms with Crippen molar-refractivity contribution in [2.45, 2.75) is 19.8 Å². The summed E-state index contributed by atoms with van der Waals surface area (Å²) >= 11 is 1.55. The van der Waals surface area contributed by atoms with Gasteiger partial charge in [-0.2, -0.15) is 0 Å². The molecule has 0 aliphatic carbocycles. The molecule has 1 aliphatic heterocycles. The fourth-order valence-corrected chi connectivity index (χ4v) is 3.05. The highest BCUT2D eigenvalue weighted by Crippen LogP contribution is 2.12. The van der Waals surface area contributed by atoms with Gasteiger partial charge in [-0.3, -0.25) is 4.79 Å². The zero-order valence-corrected chi connectivity index (χ0v) is 11.9. The Morgan fingerprint density at radius 3 is 2.61 bits per heavy atom. The molecule has 1 aromatic heterocycles. The number of Topliss-reactive ketones (excluding diaryl/α,β-unsaturated/α-hetero) is 1. The molecule has 0 N–H and O–H groups in total. The SMILES string of the molecule is CCN1CCN(CCCC(=O)c2cccs2)CC1. The van der Waals surface area contributed by atoms with Gasteiger partial charge >= 0.3 is 0 Å². The second-order valence-corrected chi connectivity index (χ2v) is 5.73. The number of ketones is 1. The molecule has 0 aromatic carbocycles. The third kappa shape index (κ3) is 3.90. The van der Waals surface area contributed by atoms with E-state index in [4.69, 9.17) is 0 Å². The lowest BCUT2D eigenvalue weighted by atomic mass is 10.2. The molecule has 0 saturated carbocycles. The third-order valence-corrected chi connectivity index (χ3v) is 4.50. The Balaban J connectivity index is 1.63. The molecule has 0 spiro atoms. The summed E-state index contributed by atoms with van der Waals surface area (Å²) in [7, 11) is 0. The fourth-order valence-electron chi connectivity index (χ4n) is 2.35. The van der Waals surface area contributed by atoms with Crippen LogP contribution in [0.25, 0.3) is 0 Å². The van der Waals surface area contributed by atoms with E-state index in [1.165, 1.54) is 13.1 Å². The van der Waals surface area contributed by atoms with Gasteiger partial charge in [-0.25, -0.2) is 0 Å². The molecular weight excluding hydrogens is 244 g/mol. The molecule has 18 heavy (non-hydrogen) atoms. The maximum atomic E-state index is 11.8. The maximum Gasteiger partial charge on any atom is 0.172 e. The van der Waals surface area contributed by atoms with Crippen LogP contribution < -0.4 is 0 Å². The maximum absolute atomic E-state index is 11.8. The van der Waals surface area contributed by atoms with E-state index >= 15 is 0 Å². The van der Waals surface area contributed by atoms with Gasteiger partial charge in [-0.1, -0.05) is 13.0 Å². The summed E-state index contributed by atoms with van der Waals surface area (Å²) in [6.07, 6.45) is 1.68. The first kappa shape index (κ1) is 13.7. The molecule has 1 aromatic rings. The number of rotatable bonds is 6. The minimum absolute atomic E-state index is 0.303. The first-order valence-electron chi connectivity index (χ1n) is 6.81. The van der Waals surface area contributed by atoms with Crippen LogP contribution in [-0.4, -0.2) is 54.9 Å². The van der Waals surface area contributed by atoms with Crippen molar-refractivity contribution in [2.24, 2.45) is 0 Å². The van der Waals surface area contributed by atoms with Gasteiger partial charge in [0.2, 0.25) is 0 Å². The Kier molecular flexibility index (Phi) is 5.35. The average molecular weight is 266 g/mol. The normalized spacial score (nSPS) is 18.1. The van der Waals surface area contributed by atoms with Gasteiger partial charge < -0.3 is 9.80 Å². The zero-order chi connectivity index (χ0) is 12.8. The lowest BCUT2D eigenvalue weighted by Crippen LogP contribution is -2.46. The summed E-state index contributed by atoms with van der Waals surface area (Å²) in [4.78, 5) is 17.7. The average Bonchev–Trinajstić information content (AvgIpc) is 2.93. The summed E-state index contributed by atoms with van der Waals surface area (Å²) < 4.78 is 0. The predicted molar refractivity (Wildman–Crippen MR) is 76.4 cm³/mol. The molecule has 0 atom stereocenters. The number of nitrogens with zero attached hydrogens (tertiary/aromatic N) is 2. The van der Waals surface area contributed by atoms with Crippen molar-refractivity contribution in [1.29, 1.82) is 0 Å². The molecule has 4 heteroatoms. The molecule has 0 bridgehead atoms.